The highest BCUT2D eigenvalue weighted by Gasteiger charge is 2.30. The van der Waals surface area contributed by atoms with E-state index in [1.807, 2.05) is 11.8 Å². The third-order valence-corrected chi connectivity index (χ3v) is 5.47. The fraction of sp³-hybridized carbons (Fsp3) is 0.600. The molecule has 2 heterocycles. The van der Waals surface area contributed by atoms with Gasteiger partial charge in [0.25, 0.3) is 0 Å². The van der Waals surface area contributed by atoms with Crippen LogP contribution < -0.4 is 5.32 Å². The van der Waals surface area contributed by atoms with Crippen LogP contribution in [0.15, 0.2) is 24.3 Å². The second kappa shape index (κ2) is 8.62. The molecule has 2 fully saturated rings. The highest BCUT2D eigenvalue weighted by Crippen LogP contribution is 2.22. The number of hydrogen-bond donors (Lipinski definition) is 1. The second-order valence-corrected chi connectivity index (χ2v) is 7.42. The highest BCUT2D eigenvalue weighted by atomic mass is 19.1. The molecule has 142 valence electrons. The Hall–Kier alpha value is -1.95. The Morgan fingerprint density at radius 3 is 2.35 bits per heavy atom. The van der Waals surface area contributed by atoms with Crippen LogP contribution in [0.5, 0.6) is 0 Å². The third kappa shape index (κ3) is 4.81. The highest BCUT2D eigenvalue weighted by molar-refractivity contribution is 5.80. The Kier molecular flexibility index (Phi) is 6.25. The number of benzene rings is 1. The predicted molar refractivity (Wildman–Crippen MR) is 97.9 cm³/mol. The first-order chi connectivity index (χ1) is 12.5. The van der Waals surface area contributed by atoms with Gasteiger partial charge in [-0.3, -0.25) is 14.5 Å². The van der Waals surface area contributed by atoms with Crippen molar-refractivity contribution in [3.8, 4) is 0 Å². The molecule has 3 rings (SSSR count). The monoisotopic (exact) mass is 361 g/mol. The lowest BCUT2D eigenvalue weighted by Gasteiger charge is -2.32. The summed E-state index contributed by atoms with van der Waals surface area (Å²) in [5, 5.41) is 2.96. The molecule has 26 heavy (non-hydrogen) atoms. The van der Waals surface area contributed by atoms with Crippen LogP contribution >= 0.6 is 0 Å². The topological polar surface area (TPSA) is 52.7 Å². The van der Waals surface area contributed by atoms with Crippen molar-refractivity contribution in [3.63, 3.8) is 0 Å². The fourth-order valence-electron chi connectivity index (χ4n) is 3.86. The summed E-state index contributed by atoms with van der Waals surface area (Å²) in [5.41, 5.74) is 0.884. The lowest BCUT2D eigenvalue weighted by molar-refractivity contribution is -0.136. The molecule has 0 saturated carbocycles. The molecule has 1 atom stereocenters. The van der Waals surface area contributed by atoms with Gasteiger partial charge in [0.15, 0.2) is 0 Å². The van der Waals surface area contributed by atoms with Gasteiger partial charge in [0.2, 0.25) is 11.8 Å². The number of nitrogens with zero attached hydrogens (tertiary/aromatic N) is 2. The molecule has 0 bridgehead atoms. The number of piperidine rings is 1. The maximum atomic E-state index is 13.0. The van der Waals surface area contributed by atoms with E-state index < -0.39 is 0 Å². The summed E-state index contributed by atoms with van der Waals surface area (Å²) < 4.78 is 13.0. The summed E-state index contributed by atoms with van der Waals surface area (Å²) in [6, 6.07) is 6.03. The zero-order valence-corrected chi connectivity index (χ0v) is 15.4. The van der Waals surface area contributed by atoms with Crippen LogP contribution in [0.3, 0.4) is 0 Å². The van der Waals surface area contributed by atoms with Gasteiger partial charge in [0.05, 0.1) is 12.6 Å². The van der Waals surface area contributed by atoms with Crippen molar-refractivity contribution in [1.82, 2.24) is 15.1 Å². The molecule has 1 unspecified atom stereocenters. The lowest BCUT2D eigenvalue weighted by Crippen LogP contribution is -2.45. The van der Waals surface area contributed by atoms with Crippen molar-refractivity contribution in [3.05, 3.63) is 35.6 Å². The van der Waals surface area contributed by atoms with Crippen molar-refractivity contribution in [1.29, 1.82) is 0 Å². The van der Waals surface area contributed by atoms with E-state index in [1.54, 1.807) is 12.1 Å². The molecule has 2 saturated heterocycles. The SMILES string of the molecule is CC(NC(=O)CN1CCC(C(=O)N2CCCC2)CC1)c1ccc(F)cc1. The Morgan fingerprint density at radius 1 is 1.12 bits per heavy atom. The summed E-state index contributed by atoms with van der Waals surface area (Å²) >= 11 is 0. The van der Waals surface area contributed by atoms with Crippen molar-refractivity contribution in [2.24, 2.45) is 5.92 Å². The van der Waals surface area contributed by atoms with Crippen molar-refractivity contribution in [2.45, 2.75) is 38.6 Å². The maximum Gasteiger partial charge on any atom is 0.234 e. The number of halogens is 1. The first-order valence-corrected chi connectivity index (χ1v) is 9.59. The molecule has 0 aliphatic carbocycles. The second-order valence-electron chi connectivity index (χ2n) is 7.42. The van der Waals surface area contributed by atoms with Crippen LogP contribution in [0.25, 0.3) is 0 Å². The average molecular weight is 361 g/mol. The molecule has 0 spiro atoms. The van der Waals surface area contributed by atoms with Crippen LogP contribution in [0.2, 0.25) is 0 Å². The number of nitrogens with one attached hydrogen (secondary N) is 1. The van der Waals surface area contributed by atoms with E-state index in [0.717, 1.165) is 57.4 Å². The van der Waals surface area contributed by atoms with Gasteiger partial charge in [-0.1, -0.05) is 12.1 Å². The molecule has 2 aliphatic heterocycles. The molecule has 1 aromatic rings. The Labute approximate surface area is 154 Å². The van der Waals surface area contributed by atoms with E-state index >= 15 is 0 Å². The molecule has 2 aliphatic rings. The Bertz CT molecular complexity index is 620. The van der Waals surface area contributed by atoms with Gasteiger partial charge in [0.1, 0.15) is 5.82 Å². The smallest absolute Gasteiger partial charge is 0.234 e. The number of likely N-dealkylation sites (tertiary alicyclic amines) is 2. The quantitative estimate of drug-likeness (QED) is 0.876. The van der Waals surface area contributed by atoms with Gasteiger partial charge in [-0.2, -0.15) is 0 Å². The first-order valence-electron chi connectivity index (χ1n) is 9.59. The van der Waals surface area contributed by atoms with Gasteiger partial charge in [-0.25, -0.2) is 4.39 Å². The first kappa shape index (κ1) is 18.8. The van der Waals surface area contributed by atoms with Gasteiger partial charge in [0, 0.05) is 19.0 Å². The van der Waals surface area contributed by atoms with E-state index in [9.17, 15) is 14.0 Å². The molecule has 6 heteroatoms. The number of carbonyl (C=O) groups is 2. The summed E-state index contributed by atoms with van der Waals surface area (Å²) in [6.45, 7) is 5.61. The summed E-state index contributed by atoms with van der Waals surface area (Å²) in [4.78, 5) is 28.9. The molecular weight excluding hydrogens is 333 g/mol. The minimum atomic E-state index is -0.279. The van der Waals surface area contributed by atoms with Crippen LogP contribution in [0, 0.1) is 11.7 Å². The van der Waals surface area contributed by atoms with E-state index in [2.05, 4.69) is 10.2 Å². The van der Waals surface area contributed by atoms with Gasteiger partial charge < -0.3 is 10.2 Å². The van der Waals surface area contributed by atoms with Gasteiger partial charge in [-0.05, 0) is 63.4 Å². The number of amides is 2. The molecule has 0 radical (unpaired) electrons. The van der Waals surface area contributed by atoms with Crippen LogP contribution in [0.4, 0.5) is 4.39 Å². The van der Waals surface area contributed by atoms with E-state index in [4.69, 9.17) is 0 Å². The van der Waals surface area contributed by atoms with Crippen LogP contribution in [-0.2, 0) is 9.59 Å². The van der Waals surface area contributed by atoms with Crippen molar-refractivity contribution < 1.29 is 14.0 Å². The van der Waals surface area contributed by atoms with Crippen LogP contribution in [-0.4, -0.2) is 54.3 Å². The Morgan fingerprint density at radius 2 is 1.73 bits per heavy atom. The standard InChI is InChI=1S/C20H28FN3O2/c1-15(16-4-6-18(21)7-5-16)22-19(25)14-23-12-8-17(9-13-23)20(26)24-10-2-3-11-24/h4-7,15,17H,2-3,8-14H2,1H3,(H,22,25). The van der Waals surface area contributed by atoms with Crippen molar-refractivity contribution >= 4 is 11.8 Å². The minimum Gasteiger partial charge on any atom is -0.348 e. The van der Waals surface area contributed by atoms with E-state index in [-0.39, 0.29) is 23.7 Å². The van der Waals surface area contributed by atoms with E-state index in [0.29, 0.717) is 12.5 Å². The number of carbonyl (C=O) groups excluding carboxylic acids is 2. The Balaban J connectivity index is 1.41. The molecule has 0 aromatic heterocycles. The molecule has 5 nitrogen and oxygen atoms in total. The third-order valence-electron chi connectivity index (χ3n) is 5.47. The zero-order chi connectivity index (χ0) is 18.5. The van der Waals surface area contributed by atoms with Gasteiger partial charge >= 0.3 is 0 Å². The molecular formula is C20H28FN3O2. The molecule has 2 amide bonds. The summed E-state index contributed by atoms with van der Waals surface area (Å²) in [6.07, 6.45) is 3.90. The molecule has 1 aromatic carbocycles. The zero-order valence-electron chi connectivity index (χ0n) is 15.4. The lowest BCUT2D eigenvalue weighted by atomic mass is 9.95. The average Bonchev–Trinajstić information content (AvgIpc) is 3.17. The number of hydrogen-bond acceptors (Lipinski definition) is 3. The predicted octanol–water partition coefficient (Wildman–Crippen LogP) is 2.34. The van der Waals surface area contributed by atoms with Crippen molar-refractivity contribution in [2.75, 3.05) is 32.7 Å². The fourth-order valence-corrected chi connectivity index (χ4v) is 3.86. The van der Waals surface area contributed by atoms with Gasteiger partial charge in [-0.15, -0.1) is 0 Å². The molecule has 1 N–H and O–H groups in total. The van der Waals surface area contributed by atoms with E-state index in [1.165, 1.54) is 12.1 Å². The largest absolute Gasteiger partial charge is 0.348 e. The maximum absolute atomic E-state index is 13.0. The van der Waals surface area contributed by atoms with Crippen LogP contribution in [0.1, 0.15) is 44.2 Å². The minimum absolute atomic E-state index is 0.0360. The summed E-state index contributed by atoms with van der Waals surface area (Å²) in [5.74, 6) is 0.104. The summed E-state index contributed by atoms with van der Waals surface area (Å²) in [7, 11) is 0. The number of rotatable bonds is 5. The normalized spacial score (nSPS) is 20.2.